The van der Waals surface area contributed by atoms with Crippen LogP contribution in [0, 0.1) is 0 Å². The summed E-state index contributed by atoms with van der Waals surface area (Å²) >= 11 is 0. The maximum atomic E-state index is 13.1. The lowest BCUT2D eigenvalue weighted by molar-refractivity contribution is -0.359. The molecule has 12 atom stereocenters. The van der Waals surface area contributed by atoms with Gasteiger partial charge in [-0.3, -0.25) is 4.79 Å². The van der Waals surface area contributed by atoms with E-state index in [0.29, 0.717) is 12.8 Å². The van der Waals surface area contributed by atoms with Crippen molar-refractivity contribution in [1.82, 2.24) is 5.32 Å². The van der Waals surface area contributed by atoms with E-state index in [4.69, 9.17) is 18.9 Å². The van der Waals surface area contributed by atoms with Crippen molar-refractivity contribution in [2.75, 3.05) is 19.8 Å². The number of nitrogens with one attached hydrogen (secondary N) is 1. The molecule has 0 aromatic rings. The molecule has 0 saturated carbocycles. The van der Waals surface area contributed by atoms with Crippen molar-refractivity contribution in [3.63, 3.8) is 0 Å². The molecule has 0 bridgehead atoms. The Balaban J connectivity index is 1.82. The smallest absolute Gasteiger partial charge is 0.220 e. The zero-order valence-corrected chi connectivity index (χ0v) is 38.7. The first-order valence-electron chi connectivity index (χ1n) is 24.1. The predicted molar refractivity (Wildman–Crippen MR) is 249 cm³/mol. The highest BCUT2D eigenvalue weighted by Gasteiger charge is 2.51. The SMILES string of the molecule is C/C=C/CC/C=C/CC/C=C/C(O)C(COC1OC(CO)C(OC2OC(CO)C(O)C(O)C2O)C(O)C1O)NC(=O)CCCCCCCC/C=C\C/C=C\C/C=C\CCCCCCC. The second-order valence-corrected chi connectivity index (χ2v) is 16.9. The van der Waals surface area contributed by atoms with Crippen molar-refractivity contribution in [2.45, 2.75) is 216 Å². The third kappa shape index (κ3) is 23.7. The number of allylic oxidation sites excluding steroid dienone is 11. The van der Waals surface area contributed by atoms with E-state index >= 15 is 0 Å². The first-order valence-corrected chi connectivity index (χ1v) is 24.1. The molecular formula is C50H85NO13. The summed E-state index contributed by atoms with van der Waals surface area (Å²) in [5.74, 6) is -0.274. The van der Waals surface area contributed by atoms with Crippen LogP contribution in [0.3, 0.4) is 0 Å². The Bertz CT molecular complexity index is 1350. The molecule has 2 heterocycles. The Morgan fingerprint density at radius 2 is 1.11 bits per heavy atom. The Morgan fingerprint density at radius 3 is 1.72 bits per heavy atom. The van der Waals surface area contributed by atoms with Crippen LogP contribution in [0.4, 0.5) is 0 Å². The van der Waals surface area contributed by atoms with E-state index in [0.717, 1.165) is 70.6 Å². The lowest BCUT2D eigenvalue weighted by Gasteiger charge is -2.46. The van der Waals surface area contributed by atoms with Crippen LogP contribution in [0.1, 0.15) is 142 Å². The molecule has 0 spiro atoms. The summed E-state index contributed by atoms with van der Waals surface area (Å²) in [7, 11) is 0. The topological polar surface area (TPSA) is 228 Å². The Hall–Kier alpha value is -2.57. The molecule has 2 aliphatic heterocycles. The van der Waals surface area contributed by atoms with Crippen molar-refractivity contribution < 1.29 is 64.6 Å². The number of carbonyl (C=O) groups excluding carboxylic acids is 1. The Morgan fingerprint density at radius 1 is 0.594 bits per heavy atom. The van der Waals surface area contributed by atoms with Crippen LogP contribution in [0.25, 0.3) is 0 Å². The summed E-state index contributed by atoms with van der Waals surface area (Å²) in [5, 5.41) is 86.4. The molecule has 14 heteroatoms. The van der Waals surface area contributed by atoms with Crippen LogP contribution in [-0.4, -0.2) is 140 Å². The molecule has 2 saturated heterocycles. The van der Waals surface area contributed by atoms with Gasteiger partial charge >= 0.3 is 0 Å². The van der Waals surface area contributed by atoms with E-state index in [-0.39, 0.29) is 18.9 Å². The second-order valence-electron chi connectivity index (χ2n) is 16.9. The zero-order valence-electron chi connectivity index (χ0n) is 38.7. The average molecular weight is 908 g/mol. The lowest BCUT2D eigenvalue weighted by Crippen LogP contribution is -2.65. The van der Waals surface area contributed by atoms with E-state index in [9.17, 15) is 45.6 Å². The number of aliphatic hydroxyl groups is 8. The largest absolute Gasteiger partial charge is 0.394 e. The van der Waals surface area contributed by atoms with Gasteiger partial charge in [-0.15, -0.1) is 0 Å². The number of aliphatic hydroxyl groups excluding tert-OH is 8. The minimum Gasteiger partial charge on any atom is -0.394 e. The number of hydrogen-bond donors (Lipinski definition) is 9. The molecule has 64 heavy (non-hydrogen) atoms. The summed E-state index contributed by atoms with van der Waals surface area (Å²) < 4.78 is 22.6. The Labute approximate surface area is 383 Å². The molecule has 9 N–H and O–H groups in total. The van der Waals surface area contributed by atoms with Crippen LogP contribution < -0.4 is 5.32 Å². The van der Waals surface area contributed by atoms with Gasteiger partial charge in [-0.1, -0.05) is 131 Å². The molecular weight excluding hydrogens is 823 g/mol. The number of unbranched alkanes of at least 4 members (excludes halogenated alkanes) is 13. The number of hydrogen-bond acceptors (Lipinski definition) is 13. The molecule has 14 nitrogen and oxygen atoms in total. The molecule has 2 fully saturated rings. The second kappa shape index (κ2) is 36.5. The first-order chi connectivity index (χ1) is 31.1. The van der Waals surface area contributed by atoms with Gasteiger partial charge in [-0.2, -0.15) is 0 Å². The minimum absolute atomic E-state index is 0.251. The fourth-order valence-corrected chi connectivity index (χ4v) is 7.45. The summed E-state index contributed by atoms with van der Waals surface area (Å²) in [6, 6.07) is -0.945. The van der Waals surface area contributed by atoms with E-state index in [1.54, 1.807) is 6.08 Å². The fraction of sp³-hybridized carbons (Fsp3) is 0.740. The van der Waals surface area contributed by atoms with Gasteiger partial charge in [0.05, 0.1) is 32.0 Å². The number of ether oxygens (including phenoxy) is 4. The Kier molecular flexibility index (Phi) is 32.9. The summed E-state index contributed by atoms with van der Waals surface area (Å²) in [6.45, 7) is 2.47. The van der Waals surface area contributed by atoms with Gasteiger partial charge in [0.15, 0.2) is 12.6 Å². The van der Waals surface area contributed by atoms with Crippen LogP contribution in [0.5, 0.6) is 0 Å². The van der Waals surface area contributed by atoms with Crippen molar-refractivity contribution in [2.24, 2.45) is 0 Å². The van der Waals surface area contributed by atoms with Gasteiger partial charge in [0, 0.05) is 6.42 Å². The summed E-state index contributed by atoms with van der Waals surface area (Å²) in [6.07, 6.45) is 28.4. The van der Waals surface area contributed by atoms with Crippen molar-refractivity contribution in [1.29, 1.82) is 0 Å². The van der Waals surface area contributed by atoms with Crippen LogP contribution in [0.2, 0.25) is 0 Å². The van der Waals surface area contributed by atoms with Gasteiger partial charge in [0.2, 0.25) is 5.91 Å². The molecule has 0 aromatic heterocycles. The molecule has 1 amide bonds. The molecule has 368 valence electrons. The van der Waals surface area contributed by atoms with E-state index in [2.05, 4.69) is 66.9 Å². The monoisotopic (exact) mass is 908 g/mol. The summed E-state index contributed by atoms with van der Waals surface area (Å²) in [5.41, 5.74) is 0. The van der Waals surface area contributed by atoms with Crippen molar-refractivity contribution in [3.8, 4) is 0 Å². The van der Waals surface area contributed by atoms with Gasteiger partial charge in [0.25, 0.3) is 0 Å². The molecule has 0 aromatic carbocycles. The van der Waals surface area contributed by atoms with Crippen molar-refractivity contribution >= 4 is 5.91 Å². The van der Waals surface area contributed by atoms with Crippen LogP contribution in [0.15, 0.2) is 72.9 Å². The summed E-state index contributed by atoms with van der Waals surface area (Å²) in [4.78, 5) is 13.1. The van der Waals surface area contributed by atoms with Gasteiger partial charge in [-0.25, -0.2) is 0 Å². The molecule has 2 aliphatic rings. The number of rotatable bonds is 35. The lowest BCUT2D eigenvalue weighted by atomic mass is 9.97. The van der Waals surface area contributed by atoms with Crippen molar-refractivity contribution in [3.05, 3.63) is 72.9 Å². The quantitative estimate of drug-likeness (QED) is 0.0277. The number of carbonyl (C=O) groups is 1. The molecule has 2 rings (SSSR count). The van der Waals surface area contributed by atoms with Crippen LogP contribution in [-0.2, 0) is 23.7 Å². The molecule has 0 radical (unpaired) electrons. The van der Waals surface area contributed by atoms with Crippen LogP contribution >= 0.6 is 0 Å². The highest BCUT2D eigenvalue weighted by atomic mass is 16.7. The molecule has 12 unspecified atom stereocenters. The zero-order chi connectivity index (χ0) is 46.8. The van der Waals surface area contributed by atoms with E-state index in [1.165, 1.54) is 38.5 Å². The van der Waals surface area contributed by atoms with Gasteiger partial charge < -0.3 is 65.1 Å². The minimum atomic E-state index is -1.79. The van der Waals surface area contributed by atoms with Gasteiger partial charge in [-0.05, 0) is 77.6 Å². The average Bonchev–Trinajstić information content (AvgIpc) is 3.29. The maximum absolute atomic E-state index is 13.1. The van der Waals surface area contributed by atoms with Gasteiger partial charge in [0.1, 0.15) is 48.8 Å². The third-order valence-electron chi connectivity index (χ3n) is 11.4. The number of amides is 1. The first kappa shape index (κ1) is 57.6. The predicted octanol–water partition coefficient (Wildman–Crippen LogP) is 5.65. The molecule has 0 aliphatic carbocycles. The fourth-order valence-electron chi connectivity index (χ4n) is 7.45. The highest BCUT2D eigenvalue weighted by molar-refractivity contribution is 5.76. The van der Waals surface area contributed by atoms with E-state index in [1.807, 2.05) is 19.1 Å². The third-order valence-corrected chi connectivity index (χ3v) is 11.4. The normalized spacial score (nSPS) is 27.9. The standard InChI is InChI=1S/C50H85NO13/c1-3-5-7-9-11-13-14-15-16-17-18-19-20-21-22-23-24-26-28-30-32-34-42(55)51-38(39(54)33-31-29-27-25-12-10-8-6-4-2)37-61-49-47(60)45(58)48(41(36-53)63-49)64-50-46(59)44(57)43(56)40(35-52)62-50/h4,6,12,14-15,17-18,20-21,25,31,33,38-41,43-50,52-54,56-60H,3,5,7-11,13,16,19,22-24,26-30,32,34-37H2,1-2H3,(H,51,55)/b6-4+,15-14-,18-17-,21-20-,25-12+,33-31+. The highest BCUT2D eigenvalue weighted by Crippen LogP contribution is 2.30. The van der Waals surface area contributed by atoms with E-state index < -0.39 is 86.8 Å². The maximum Gasteiger partial charge on any atom is 0.220 e.